The molecule has 3 heterocycles. The van der Waals surface area contributed by atoms with E-state index in [1.165, 1.54) is 10.4 Å². The zero-order chi connectivity index (χ0) is 16.2. The second-order valence-corrected chi connectivity index (χ2v) is 7.41. The molecule has 6 heteroatoms. The normalized spacial score (nSPS) is 19.0. The highest BCUT2D eigenvalue weighted by Crippen LogP contribution is 2.22. The number of likely N-dealkylation sites (tertiary alicyclic amines) is 1. The molecule has 2 aromatic heterocycles. The van der Waals surface area contributed by atoms with E-state index in [1.807, 2.05) is 22.8 Å². The molecule has 5 nitrogen and oxygen atoms in total. The fourth-order valence-electron chi connectivity index (χ4n) is 3.12. The van der Waals surface area contributed by atoms with Gasteiger partial charge in [-0.05, 0) is 35.8 Å². The van der Waals surface area contributed by atoms with Gasteiger partial charge in [-0.25, -0.2) is 4.79 Å². The number of rotatable bonds is 5. The topological polar surface area (TPSA) is 50.2 Å². The summed E-state index contributed by atoms with van der Waals surface area (Å²) in [5.41, 5.74) is 1.26. The third-order valence-electron chi connectivity index (χ3n) is 4.44. The molecule has 0 unspecified atom stereocenters. The second-order valence-electron chi connectivity index (χ2n) is 6.43. The van der Waals surface area contributed by atoms with Crippen LogP contribution in [0.4, 0.5) is 4.79 Å². The minimum absolute atomic E-state index is 0.0714. The van der Waals surface area contributed by atoms with Crippen molar-refractivity contribution in [3.63, 3.8) is 0 Å². The zero-order valence-corrected chi connectivity index (χ0v) is 14.6. The van der Waals surface area contributed by atoms with E-state index in [2.05, 4.69) is 41.0 Å². The first-order chi connectivity index (χ1) is 11.1. The van der Waals surface area contributed by atoms with Crippen molar-refractivity contribution in [3.05, 3.63) is 40.3 Å². The summed E-state index contributed by atoms with van der Waals surface area (Å²) in [6, 6.07) is 4.26. The number of hydrogen-bond acceptors (Lipinski definition) is 3. The molecule has 1 aliphatic heterocycles. The van der Waals surface area contributed by atoms with Crippen molar-refractivity contribution < 1.29 is 4.79 Å². The Hall–Kier alpha value is -1.82. The van der Waals surface area contributed by atoms with Gasteiger partial charge in [-0.3, -0.25) is 4.68 Å². The van der Waals surface area contributed by atoms with Crippen LogP contribution in [0, 0.1) is 5.92 Å². The van der Waals surface area contributed by atoms with E-state index in [0.717, 1.165) is 25.9 Å². The lowest BCUT2D eigenvalue weighted by atomic mass is 10.0. The maximum atomic E-state index is 12.3. The van der Waals surface area contributed by atoms with E-state index in [-0.39, 0.29) is 6.03 Å². The van der Waals surface area contributed by atoms with Crippen LogP contribution in [0.3, 0.4) is 0 Å². The summed E-state index contributed by atoms with van der Waals surface area (Å²) in [5, 5.41) is 9.37. The van der Waals surface area contributed by atoms with E-state index in [1.54, 1.807) is 11.3 Å². The summed E-state index contributed by atoms with van der Waals surface area (Å²) in [6.45, 7) is 4.54. The molecule has 0 aliphatic carbocycles. The molecule has 1 N–H and O–H groups in total. The van der Waals surface area contributed by atoms with Crippen LogP contribution in [0.1, 0.15) is 29.7 Å². The quantitative estimate of drug-likeness (QED) is 0.915. The molecule has 3 rings (SSSR count). The van der Waals surface area contributed by atoms with Crippen LogP contribution in [-0.2, 0) is 13.5 Å². The first-order valence-electron chi connectivity index (χ1n) is 8.15. The predicted octanol–water partition coefficient (Wildman–Crippen LogP) is 2.86. The minimum Gasteiger partial charge on any atom is -0.337 e. The average molecular weight is 332 g/mol. The molecule has 124 valence electrons. The molecule has 0 radical (unpaired) electrons. The first kappa shape index (κ1) is 16.1. The Morgan fingerprint density at radius 1 is 1.57 bits per heavy atom. The number of nitrogens with zero attached hydrogens (tertiary/aromatic N) is 3. The van der Waals surface area contributed by atoms with Crippen molar-refractivity contribution in [1.82, 2.24) is 20.0 Å². The van der Waals surface area contributed by atoms with Gasteiger partial charge in [0.05, 0.1) is 6.20 Å². The summed E-state index contributed by atoms with van der Waals surface area (Å²) in [7, 11) is 1.94. The Bertz CT molecular complexity index is 637. The van der Waals surface area contributed by atoms with E-state index in [4.69, 9.17) is 0 Å². The molecule has 23 heavy (non-hydrogen) atoms. The van der Waals surface area contributed by atoms with Gasteiger partial charge in [0.25, 0.3) is 0 Å². The molecule has 1 fully saturated rings. The lowest BCUT2D eigenvalue weighted by molar-refractivity contribution is 0.206. The SMILES string of the molecule is C[C@H](CNC(=O)N1CC[C@H](Cc2cnn(C)c2)C1)c1cccs1. The van der Waals surface area contributed by atoms with Crippen molar-refractivity contribution in [2.45, 2.75) is 25.7 Å². The highest BCUT2D eigenvalue weighted by molar-refractivity contribution is 7.10. The Labute approximate surface area is 141 Å². The smallest absolute Gasteiger partial charge is 0.317 e. The molecular formula is C17H24N4OS. The third kappa shape index (κ3) is 4.13. The van der Waals surface area contributed by atoms with Crippen LogP contribution >= 0.6 is 11.3 Å². The minimum atomic E-state index is 0.0714. The Kier molecular flexibility index (Phi) is 5.00. The molecule has 2 atom stereocenters. The number of aromatic nitrogens is 2. The highest BCUT2D eigenvalue weighted by Gasteiger charge is 2.26. The van der Waals surface area contributed by atoms with Gasteiger partial charge in [0.2, 0.25) is 0 Å². The summed E-state index contributed by atoms with van der Waals surface area (Å²) >= 11 is 1.75. The van der Waals surface area contributed by atoms with Gasteiger partial charge in [0.15, 0.2) is 0 Å². The van der Waals surface area contributed by atoms with E-state index < -0.39 is 0 Å². The summed E-state index contributed by atoms with van der Waals surface area (Å²) < 4.78 is 1.83. The molecule has 0 spiro atoms. The number of nitrogens with one attached hydrogen (secondary N) is 1. The number of amides is 2. The standard InChI is InChI=1S/C17H24N4OS/c1-13(16-4-3-7-23-16)9-18-17(22)21-6-5-14(12-21)8-15-10-19-20(2)11-15/h3-4,7,10-11,13-14H,5-6,8-9,12H2,1-2H3,(H,18,22)/t13-,14-/m1/s1. The van der Waals surface area contributed by atoms with E-state index in [0.29, 0.717) is 18.4 Å². The molecule has 0 bridgehead atoms. The Morgan fingerprint density at radius 3 is 3.13 bits per heavy atom. The van der Waals surface area contributed by atoms with Gasteiger partial charge < -0.3 is 10.2 Å². The van der Waals surface area contributed by atoms with Crippen LogP contribution in [0.15, 0.2) is 29.9 Å². The van der Waals surface area contributed by atoms with Crippen molar-refractivity contribution in [2.75, 3.05) is 19.6 Å². The fourth-order valence-corrected chi connectivity index (χ4v) is 3.91. The van der Waals surface area contributed by atoms with Gasteiger partial charge in [0, 0.05) is 43.7 Å². The average Bonchev–Trinajstić information content (AvgIpc) is 3.26. The van der Waals surface area contributed by atoms with Crippen molar-refractivity contribution >= 4 is 17.4 Å². The lowest BCUT2D eigenvalue weighted by Gasteiger charge is -2.19. The summed E-state index contributed by atoms with van der Waals surface area (Å²) in [4.78, 5) is 15.6. The zero-order valence-electron chi connectivity index (χ0n) is 13.7. The van der Waals surface area contributed by atoms with Crippen LogP contribution in [0.2, 0.25) is 0 Å². The number of urea groups is 1. The number of aryl methyl sites for hydroxylation is 1. The predicted molar refractivity (Wildman–Crippen MR) is 92.7 cm³/mol. The van der Waals surface area contributed by atoms with Crippen LogP contribution in [-0.4, -0.2) is 40.3 Å². The summed E-state index contributed by atoms with van der Waals surface area (Å²) in [6.07, 6.45) is 6.06. The Morgan fingerprint density at radius 2 is 2.43 bits per heavy atom. The van der Waals surface area contributed by atoms with Gasteiger partial charge in [-0.15, -0.1) is 11.3 Å². The molecule has 1 saturated heterocycles. The third-order valence-corrected chi connectivity index (χ3v) is 5.55. The monoisotopic (exact) mass is 332 g/mol. The van der Waals surface area contributed by atoms with Gasteiger partial charge >= 0.3 is 6.03 Å². The van der Waals surface area contributed by atoms with E-state index >= 15 is 0 Å². The van der Waals surface area contributed by atoms with Crippen molar-refractivity contribution in [1.29, 1.82) is 0 Å². The summed E-state index contributed by atoms with van der Waals surface area (Å²) in [5.74, 6) is 0.910. The fraction of sp³-hybridized carbons (Fsp3) is 0.529. The second kappa shape index (κ2) is 7.17. The van der Waals surface area contributed by atoms with E-state index in [9.17, 15) is 4.79 Å². The number of carbonyl (C=O) groups excluding carboxylic acids is 1. The van der Waals surface area contributed by atoms with Gasteiger partial charge in [0.1, 0.15) is 0 Å². The van der Waals surface area contributed by atoms with Crippen LogP contribution in [0.25, 0.3) is 0 Å². The van der Waals surface area contributed by atoms with Crippen molar-refractivity contribution in [2.24, 2.45) is 13.0 Å². The van der Waals surface area contributed by atoms with Crippen molar-refractivity contribution in [3.8, 4) is 0 Å². The Balaban J connectivity index is 1.44. The van der Waals surface area contributed by atoms with Gasteiger partial charge in [-0.1, -0.05) is 13.0 Å². The number of thiophene rings is 1. The molecule has 2 amide bonds. The lowest BCUT2D eigenvalue weighted by Crippen LogP contribution is -2.40. The molecule has 0 aromatic carbocycles. The van der Waals surface area contributed by atoms with Gasteiger partial charge in [-0.2, -0.15) is 5.10 Å². The highest BCUT2D eigenvalue weighted by atomic mass is 32.1. The maximum Gasteiger partial charge on any atom is 0.317 e. The van der Waals surface area contributed by atoms with Crippen LogP contribution < -0.4 is 5.32 Å². The largest absolute Gasteiger partial charge is 0.337 e. The first-order valence-corrected chi connectivity index (χ1v) is 9.03. The molecule has 2 aromatic rings. The molecule has 1 aliphatic rings. The number of hydrogen-bond donors (Lipinski definition) is 1. The molecular weight excluding hydrogens is 308 g/mol. The number of carbonyl (C=O) groups is 1. The maximum absolute atomic E-state index is 12.3. The molecule has 0 saturated carbocycles. The van der Waals surface area contributed by atoms with Crippen LogP contribution in [0.5, 0.6) is 0 Å².